The third kappa shape index (κ3) is 4.12. The Bertz CT molecular complexity index is 995. The van der Waals surface area contributed by atoms with E-state index in [0.29, 0.717) is 0 Å². The summed E-state index contributed by atoms with van der Waals surface area (Å²) in [6, 6.07) is 12.6. The monoisotopic (exact) mass is 395 g/mol. The van der Waals surface area contributed by atoms with E-state index in [4.69, 9.17) is 0 Å². The normalized spacial score (nSPS) is 14.7. The summed E-state index contributed by atoms with van der Waals surface area (Å²) in [6.45, 7) is 4.16. The van der Waals surface area contributed by atoms with Gasteiger partial charge in [0.05, 0.1) is 0 Å². The predicted octanol–water partition coefficient (Wildman–Crippen LogP) is 4.74. The molecule has 1 aromatic heterocycles. The second-order valence-electron chi connectivity index (χ2n) is 7.18. The van der Waals surface area contributed by atoms with Gasteiger partial charge in [-0.3, -0.25) is 9.36 Å². The summed E-state index contributed by atoms with van der Waals surface area (Å²) in [5.41, 5.74) is 4.19. The zero-order valence-corrected chi connectivity index (χ0v) is 16.7. The molecule has 6 heteroatoms. The molecule has 0 saturated heterocycles. The highest BCUT2D eigenvalue weighted by atomic mass is 32.2. The number of imidazole rings is 1. The van der Waals surface area contributed by atoms with Gasteiger partial charge in [-0.25, -0.2) is 9.37 Å². The number of nitrogens with zero attached hydrogens (tertiary/aromatic N) is 2. The Morgan fingerprint density at radius 2 is 1.93 bits per heavy atom. The Labute approximate surface area is 168 Å². The number of aromatic nitrogens is 2. The molecule has 0 bridgehead atoms. The molecular formula is C22H22FN3OS. The van der Waals surface area contributed by atoms with Gasteiger partial charge in [0.25, 0.3) is 0 Å². The third-order valence-corrected chi connectivity index (χ3v) is 6.17. The fraction of sp³-hybridized carbons (Fsp3) is 0.273. The second-order valence-corrected chi connectivity index (χ2v) is 8.25. The van der Waals surface area contributed by atoms with Crippen LogP contribution in [0.15, 0.2) is 60.0 Å². The van der Waals surface area contributed by atoms with Gasteiger partial charge in [-0.1, -0.05) is 30.0 Å². The number of aryl methyl sites for hydroxylation is 2. The lowest BCUT2D eigenvalue weighted by Crippen LogP contribution is -2.30. The minimum absolute atomic E-state index is 0.0613. The first-order chi connectivity index (χ1) is 13.5. The van der Waals surface area contributed by atoms with Crippen LogP contribution in [0, 0.1) is 19.7 Å². The Kier molecular flexibility index (Phi) is 5.22. The van der Waals surface area contributed by atoms with Crippen LogP contribution >= 0.6 is 11.8 Å². The molecule has 1 aliphatic carbocycles. The lowest BCUT2D eigenvalue weighted by atomic mass is 10.1. The summed E-state index contributed by atoms with van der Waals surface area (Å²) in [4.78, 5) is 17.4. The van der Waals surface area contributed by atoms with Crippen molar-refractivity contribution in [3.05, 3.63) is 77.4 Å². The SMILES string of the molecule is Cc1ccc(-n2ccnc2SC(C(=O)NC2CC2)c2ccc(F)cc2)cc1C. The molecule has 28 heavy (non-hydrogen) atoms. The van der Waals surface area contributed by atoms with Crippen LogP contribution in [0.3, 0.4) is 0 Å². The average Bonchev–Trinajstić information content (AvgIpc) is 3.37. The smallest absolute Gasteiger partial charge is 0.238 e. The van der Waals surface area contributed by atoms with E-state index in [-0.39, 0.29) is 17.8 Å². The van der Waals surface area contributed by atoms with Crippen molar-refractivity contribution in [2.45, 2.75) is 43.1 Å². The van der Waals surface area contributed by atoms with Crippen LogP contribution in [-0.2, 0) is 4.79 Å². The van der Waals surface area contributed by atoms with Gasteiger partial charge in [0.15, 0.2) is 5.16 Å². The first-order valence-electron chi connectivity index (χ1n) is 9.35. The average molecular weight is 396 g/mol. The number of hydrogen-bond acceptors (Lipinski definition) is 3. The highest BCUT2D eigenvalue weighted by molar-refractivity contribution is 8.00. The molecule has 4 rings (SSSR count). The molecule has 0 spiro atoms. The molecule has 1 N–H and O–H groups in total. The molecule has 0 aliphatic heterocycles. The number of benzene rings is 2. The first-order valence-corrected chi connectivity index (χ1v) is 10.2. The molecule has 1 unspecified atom stereocenters. The van der Waals surface area contributed by atoms with Crippen molar-refractivity contribution in [2.75, 3.05) is 0 Å². The Hall–Kier alpha value is -2.60. The lowest BCUT2D eigenvalue weighted by Gasteiger charge is -2.17. The van der Waals surface area contributed by atoms with Gasteiger partial charge in [0, 0.05) is 24.1 Å². The summed E-state index contributed by atoms with van der Waals surface area (Å²) in [7, 11) is 0. The lowest BCUT2D eigenvalue weighted by molar-refractivity contribution is -0.120. The van der Waals surface area contributed by atoms with E-state index < -0.39 is 5.25 Å². The zero-order valence-electron chi connectivity index (χ0n) is 15.9. The van der Waals surface area contributed by atoms with Crippen LogP contribution in [0.2, 0.25) is 0 Å². The van der Waals surface area contributed by atoms with E-state index in [1.54, 1.807) is 18.3 Å². The van der Waals surface area contributed by atoms with E-state index in [1.807, 2.05) is 16.8 Å². The number of carbonyl (C=O) groups is 1. The van der Waals surface area contributed by atoms with E-state index >= 15 is 0 Å². The fourth-order valence-electron chi connectivity index (χ4n) is 2.97. The van der Waals surface area contributed by atoms with Crippen molar-refractivity contribution in [3.8, 4) is 5.69 Å². The molecule has 1 aliphatic rings. The largest absolute Gasteiger partial charge is 0.352 e. The maximum Gasteiger partial charge on any atom is 0.238 e. The third-order valence-electron chi connectivity index (χ3n) is 4.93. The van der Waals surface area contributed by atoms with Crippen LogP contribution in [0.1, 0.15) is 34.8 Å². The van der Waals surface area contributed by atoms with Gasteiger partial charge < -0.3 is 5.32 Å². The Morgan fingerprint density at radius 3 is 2.61 bits per heavy atom. The quantitative estimate of drug-likeness (QED) is 0.613. The Morgan fingerprint density at radius 1 is 1.18 bits per heavy atom. The number of hydrogen-bond donors (Lipinski definition) is 1. The van der Waals surface area contributed by atoms with Crippen molar-refractivity contribution >= 4 is 17.7 Å². The molecule has 4 nitrogen and oxygen atoms in total. The summed E-state index contributed by atoms with van der Waals surface area (Å²) in [5, 5.41) is 3.30. The highest BCUT2D eigenvalue weighted by Gasteiger charge is 2.30. The van der Waals surface area contributed by atoms with Crippen LogP contribution < -0.4 is 5.32 Å². The standard InChI is InChI=1S/C22H22FN3OS/c1-14-3-10-19(13-15(14)2)26-12-11-24-22(26)28-20(21(27)25-18-8-9-18)16-4-6-17(23)7-5-16/h3-7,10-13,18,20H,8-9H2,1-2H3,(H,25,27). The van der Waals surface area contributed by atoms with Crippen molar-refractivity contribution in [1.29, 1.82) is 0 Å². The van der Waals surface area contributed by atoms with Crippen LogP contribution in [0.4, 0.5) is 4.39 Å². The summed E-state index contributed by atoms with van der Waals surface area (Å²) >= 11 is 1.38. The molecule has 0 radical (unpaired) electrons. The number of carbonyl (C=O) groups excluding carboxylic acids is 1. The number of halogens is 1. The topological polar surface area (TPSA) is 46.9 Å². The number of rotatable bonds is 6. The van der Waals surface area contributed by atoms with Gasteiger partial charge in [-0.15, -0.1) is 0 Å². The van der Waals surface area contributed by atoms with Crippen LogP contribution in [0.25, 0.3) is 5.69 Å². The summed E-state index contributed by atoms with van der Waals surface area (Å²) < 4.78 is 15.4. The van der Waals surface area contributed by atoms with Crippen LogP contribution in [-0.4, -0.2) is 21.5 Å². The van der Waals surface area contributed by atoms with Crippen molar-refractivity contribution in [3.63, 3.8) is 0 Å². The van der Waals surface area contributed by atoms with Crippen LogP contribution in [0.5, 0.6) is 0 Å². The van der Waals surface area contributed by atoms with Crippen molar-refractivity contribution in [1.82, 2.24) is 14.9 Å². The predicted molar refractivity (Wildman–Crippen MR) is 109 cm³/mol. The van der Waals surface area contributed by atoms with E-state index in [2.05, 4.69) is 36.3 Å². The molecule has 1 atom stereocenters. The maximum atomic E-state index is 13.4. The second kappa shape index (κ2) is 7.80. The molecule has 1 amide bonds. The van der Waals surface area contributed by atoms with Gasteiger partial charge in [-0.2, -0.15) is 0 Å². The molecule has 1 heterocycles. The van der Waals surface area contributed by atoms with Crippen molar-refractivity contribution < 1.29 is 9.18 Å². The molecule has 1 fully saturated rings. The van der Waals surface area contributed by atoms with E-state index in [0.717, 1.165) is 29.2 Å². The van der Waals surface area contributed by atoms with Gasteiger partial charge in [0.1, 0.15) is 11.1 Å². The van der Waals surface area contributed by atoms with Crippen molar-refractivity contribution in [2.24, 2.45) is 0 Å². The fourth-order valence-corrected chi connectivity index (χ4v) is 4.05. The number of nitrogens with one attached hydrogen (secondary N) is 1. The molecule has 1 saturated carbocycles. The van der Waals surface area contributed by atoms with E-state index in [1.165, 1.54) is 35.0 Å². The maximum absolute atomic E-state index is 13.4. The molecule has 2 aromatic carbocycles. The Balaban J connectivity index is 1.65. The minimum Gasteiger partial charge on any atom is -0.352 e. The van der Waals surface area contributed by atoms with Gasteiger partial charge in [-0.05, 0) is 67.6 Å². The number of thioether (sulfide) groups is 1. The summed E-state index contributed by atoms with van der Waals surface area (Å²) in [6.07, 6.45) is 5.67. The summed E-state index contributed by atoms with van der Waals surface area (Å²) in [5.74, 6) is -0.375. The van der Waals surface area contributed by atoms with Gasteiger partial charge in [0.2, 0.25) is 5.91 Å². The molecular weight excluding hydrogens is 373 g/mol. The number of amides is 1. The minimum atomic E-state index is -0.492. The zero-order chi connectivity index (χ0) is 19.7. The van der Waals surface area contributed by atoms with Gasteiger partial charge >= 0.3 is 0 Å². The molecule has 3 aromatic rings. The highest BCUT2D eigenvalue weighted by Crippen LogP contribution is 2.36. The first kappa shape index (κ1) is 18.7. The molecule has 144 valence electrons. The van der Waals surface area contributed by atoms with E-state index in [9.17, 15) is 9.18 Å².